The molecule has 1 aliphatic heterocycles. The zero-order chi connectivity index (χ0) is 40.5. The number of carbonyl (C=O) groups is 2. The van der Waals surface area contributed by atoms with Gasteiger partial charge < -0.3 is 19.5 Å². The second-order valence-electron chi connectivity index (χ2n) is 16.7. The molecule has 1 amide bonds. The number of hydrogen-bond acceptors (Lipinski definition) is 10. The first-order valence-electron chi connectivity index (χ1n) is 19.3. The Hall–Kier alpha value is -5.37. The van der Waals surface area contributed by atoms with Crippen molar-refractivity contribution in [3.8, 4) is 16.9 Å². The molecule has 0 fully saturated rings. The van der Waals surface area contributed by atoms with Crippen LogP contribution in [0.4, 0.5) is 10.9 Å². The maximum Gasteiger partial charge on any atom is 0.358 e. The van der Waals surface area contributed by atoms with Crippen LogP contribution in [0.3, 0.4) is 0 Å². The Bertz CT molecular complexity index is 2400. The summed E-state index contributed by atoms with van der Waals surface area (Å²) in [6.07, 6.45) is 2.41. The van der Waals surface area contributed by atoms with Crippen molar-refractivity contribution in [3.05, 3.63) is 119 Å². The van der Waals surface area contributed by atoms with Gasteiger partial charge in [0.1, 0.15) is 23.9 Å². The molecule has 0 aliphatic carbocycles. The molecule has 0 radical (unpaired) electrons. The van der Waals surface area contributed by atoms with Crippen LogP contribution in [0.25, 0.3) is 21.3 Å². The van der Waals surface area contributed by atoms with Crippen molar-refractivity contribution < 1.29 is 24.2 Å². The zero-order valence-electron chi connectivity index (χ0n) is 33.7. The summed E-state index contributed by atoms with van der Waals surface area (Å²) < 4.78 is 14.9. The van der Waals surface area contributed by atoms with E-state index in [1.807, 2.05) is 88.4 Å². The van der Waals surface area contributed by atoms with Gasteiger partial charge in [0.15, 0.2) is 10.8 Å². The van der Waals surface area contributed by atoms with E-state index in [2.05, 4.69) is 35.7 Å². The predicted octanol–water partition coefficient (Wildman–Crippen LogP) is 9.09. The minimum atomic E-state index is -1.34. The third kappa shape index (κ3) is 9.11. The number of nitrogens with zero attached hydrogens (tertiary/aromatic N) is 6. The third-order valence-electron chi connectivity index (χ3n) is 9.98. The van der Waals surface area contributed by atoms with Crippen LogP contribution in [0.1, 0.15) is 64.0 Å². The topological polar surface area (TPSA) is 123 Å². The minimum Gasteiger partial charge on any atom is -0.508 e. The van der Waals surface area contributed by atoms with Gasteiger partial charge in [-0.05, 0) is 87.7 Å². The molecule has 1 aliphatic rings. The fourth-order valence-corrected chi connectivity index (χ4v) is 8.54. The van der Waals surface area contributed by atoms with E-state index in [9.17, 15) is 14.7 Å². The highest BCUT2D eigenvalue weighted by atomic mass is 32.1. The van der Waals surface area contributed by atoms with E-state index in [0.29, 0.717) is 54.7 Å². The number of rotatable bonds is 12. The Labute approximate surface area is 338 Å². The quantitative estimate of drug-likeness (QED) is 0.0559. The summed E-state index contributed by atoms with van der Waals surface area (Å²) in [5.41, 5.74) is 5.75. The first-order valence-corrected chi connectivity index (χ1v) is 23.8. The second-order valence-corrected chi connectivity index (χ2v) is 23.3. The monoisotopic (exact) mass is 802 g/mol. The van der Waals surface area contributed by atoms with Gasteiger partial charge in [-0.3, -0.25) is 14.4 Å². The van der Waals surface area contributed by atoms with Crippen molar-refractivity contribution in [3.63, 3.8) is 0 Å². The van der Waals surface area contributed by atoms with Crippen molar-refractivity contribution in [2.24, 2.45) is 0 Å². The van der Waals surface area contributed by atoms with Crippen molar-refractivity contribution in [2.45, 2.75) is 78.5 Å². The number of aromatic nitrogens is 4. The number of phenols is 1. The molecule has 6 aromatic rings. The van der Waals surface area contributed by atoms with E-state index in [1.165, 1.54) is 11.3 Å². The van der Waals surface area contributed by atoms with Gasteiger partial charge >= 0.3 is 5.97 Å². The number of anilines is 2. The molecule has 0 bridgehead atoms. The predicted molar refractivity (Wildman–Crippen MR) is 229 cm³/mol. The largest absolute Gasteiger partial charge is 0.508 e. The molecule has 7 rings (SSSR count). The Kier molecular flexibility index (Phi) is 11.4. The number of pyridine rings is 1. The fourth-order valence-electron chi connectivity index (χ4n) is 6.83. The number of para-hydroxylation sites is 2. The number of thiazole rings is 1. The molecule has 0 saturated carbocycles. The van der Waals surface area contributed by atoms with Gasteiger partial charge in [0, 0.05) is 55.7 Å². The van der Waals surface area contributed by atoms with Gasteiger partial charge in [0.05, 0.1) is 23.0 Å². The highest BCUT2D eigenvalue weighted by Crippen LogP contribution is 2.35. The maximum absolute atomic E-state index is 14.7. The second kappa shape index (κ2) is 16.2. The molecule has 11 nitrogen and oxygen atoms in total. The number of carbonyl (C=O) groups excluding carboxylic acids is 2. The average molecular weight is 803 g/mol. The molecule has 3 aromatic carbocycles. The SMILES string of the molecule is Cc1c(-c2ccc(N3CCc4cccc(C(=O)N(COCC[Si](C)(C)C)c5nc6ccccc6s5)c4C3)nc2C(=O)OC(C)(C)C)cnn1Cc1ccccc1O. The highest BCUT2D eigenvalue weighted by molar-refractivity contribution is 7.22. The highest BCUT2D eigenvalue weighted by Gasteiger charge is 2.30. The number of esters is 1. The van der Waals surface area contributed by atoms with Gasteiger partial charge in [0.2, 0.25) is 0 Å². The number of fused-ring (bicyclic) bond motifs is 2. The lowest BCUT2D eigenvalue weighted by molar-refractivity contribution is 0.00637. The molecule has 57 heavy (non-hydrogen) atoms. The molecule has 0 saturated heterocycles. The van der Waals surface area contributed by atoms with Crippen LogP contribution < -0.4 is 9.80 Å². The maximum atomic E-state index is 14.7. The number of ether oxygens (including phenoxy) is 2. The first-order chi connectivity index (χ1) is 27.1. The Balaban J connectivity index is 1.21. The summed E-state index contributed by atoms with van der Waals surface area (Å²) in [6, 6.07) is 25.8. The Morgan fingerprint density at radius 1 is 0.947 bits per heavy atom. The molecule has 0 unspecified atom stereocenters. The molecule has 296 valence electrons. The molecule has 0 atom stereocenters. The lowest BCUT2D eigenvalue weighted by Gasteiger charge is -2.32. The van der Waals surface area contributed by atoms with Gasteiger partial charge in [-0.2, -0.15) is 5.10 Å². The lowest BCUT2D eigenvalue weighted by Crippen LogP contribution is -2.37. The van der Waals surface area contributed by atoms with Gasteiger partial charge in [-0.1, -0.05) is 73.4 Å². The van der Waals surface area contributed by atoms with Gasteiger partial charge in [-0.15, -0.1) is 0 Å². The van der Waals surface area contributed by atoms with E-state index in [-0.39, 0.29) is 24.1 Å². The van der Waals surface area contributed by atoms with Crippen molar-refractivity contribution >= 4 is 52.5 Å². The summed E-state index contributed by atoms with van der Waals surface area (Å²) >= 11 is 1.48. The van der Waals surface area contributed by atoms with Crippen LogP contribution in [-0.2, 0) is 29.0 Å². The molecule has 3 aromatic heterocycles. The lowest BCUT2D eigenvalue weighted by atomic mass is 9.94. The summed E-state index contributed by atoms with van der Waals surface area (Å²) in [5, 5.41) is 15.6. The number of phenolic OH excluding ortho intramolecular Hbond substituents is 1. The first kappa shape index (κ1) is 39.8. The van der Waals surface area contributed by atoms with Crippen LogP contribution in [0.5, 0.6) is 5.75 Å². The molecule has 13 heteroatoms. The summed E-state index contributed by atoms with van der Waals surface area (Å²) in [6.45, 7) is 16.4. The standard InChI is InChI=1S/C44H50N6O5SSi/c1-29-34(25-45-50(29)26-31-13-8-10-17-37(31)51)32-19-20-39(47-40(32)42(53)55-44(2,3)4)48-22-21-30-14-12-15-33(35(30)27-48)41(52)49(28-54-23-24-57(5,6)7)43-46-36-16-9-11-18-38(36)56-43/h8-20,25,51H,21-24,26-28H2,1-7H3. The molecule has 4 heterocycles. The van der Waals surface area contributed by atoms with Crippen molar-refractivity contribution in [1.82, 2.24) is 19.7 Å². The third-order valence-corrected chi connectivity index (χ3v) is 12.7. The summed E-state index contributed by atoms with van der Waals surface area (Å²) in [7, 11) is -1.34. The van der Waals surface area contributed by atoms with Crippen LogP contribution in [0.15, 0.2) is 85.1 Å². The number of amides is 1. The van der Waals surface area contributed by atoms with Crippen LogP contribution in [0, 0.1) is 6.92 Å². The van der Waals surface area contributed by atoms with E-state index >= 15 is 0 Å². The van der Waals surface area contributed by atoms with Crippen molar-refractivity contribution in [1.29, 1.82) is 0 Å². The van der Waals surface area contributed by atoms with E-state index in [4.69, 9.17) is 19.4 Å². The molecular weight excluding hydrogens is 753 g/mol. The fraction of sp³-hybridized carbons (Fsp3) is 0.341. The Morgan fingerprint density at radius 2 is 1.72 bits per heavy atom. The minimum absolute atomic E-state index is 0.0985. The summed E-state index contributed by atoms with van der Waals surface area (Å²) in [4.78, 5) is 42.2. The van der Waals surface area contributed by atoms with E-state index < -0.39 is 19.6 Å². The number of hydrogen-bond donors (Lipinski definition) is 1. The van der Waals surface area contributed by atoms with Gasteiger partial charge in [0.25, 0.3) is 5.91 Å². The average Bonchev–Trinajstić information content (AvgIpc) is 3.76. The normalized spacial score (nSPS) is 13.1. The molecule has 0 spiro atoms. The van der Waals surface area contributed by atoms with Crippen LogP contribution in [0.2, 0.25) is 25.7 Å². The Morgan fingerprint density at radius 3 is 2.47 bits per heavy atom. The van der Waals surface area contributed by atoms with E-state index in [1.54, 1.807) is 27.9 Å². The smallest absolute Gasteiger partial charge is 0.358 e. The van der Waals surface area contributed by atoms with E-state index in [0.717, 1.165) is 44.2 Å². The molecular formula is C44H50N6O5SSi. The van der Waals surface area contributed by atoms with Crippen molar-refractivity contribution in [2.75, 3.05) is 29.7 Å². The summed E-state index contributed by atoms with van der Waals surface area (Å²) in [5.74, 6) is 0.0815. The van der Waals surface area contributed by atoms with Crippen LogP contribution in [-0.4, -0.2) is 70.3 Å². The zero-order valence-corrected chi connectivity index (χ0v) is 35.5. The molecule has 1 N–H and O–H groups in total. The van der Waals surface area contributed by atoms with Crippen LogP contribution >= 0.6 is 11.3 Å². The number of benzene rings is 3. The van der Waals surface area contributed by atoms with Gasteiger partial charge in [-0.25, -0.2) is 14.8 Å². The number of aromatic hydroxyl groups is 1.